The van der Waals surface area contributed by atoms with Crippen molar-refractivity contribution in [3.8, 4) is 0 Å². The first kappa shape index (κ1) is 17.6. The zero-order chi connectivity index (χ0) is 18.0. The summed E-state index contributed by atoms with van der Waals surface area (Å²) in [5, 5.41) is 0. The molecule has 1 atom stereocenters. The van der Waals surface area contributed by atoms with Gasteiger partial charge in [0.2, 0.25) is 15.9 Å². The summed E-state index contributed by atoms with van der Waals surface area (Å²) in [5.74, 6) is -0.196. The largest absolute Gasteiger partial charge is 0.308 e. The highest BCUT2D eigenvalue weighted by Crippen LogP contribution is 2.32. The maximum absolute atomic E-state index is 12.9. The molecule has 0 fully saturated rings. The van der Waals surface area contributed by atoms with Crippen LogP contribution in [-0.4, -0.2) is 37.8 Å². The summed E-state index contributed by atoms with van der Waals surface area (Å²) in [7, 11) is -3.68. The van der Waals surface area contributed by atoms with E-state index in [4.69, 9.17) is 0 Å². The lowest BCUT2D eigenvalue weighted by molar-refractivity contribution is -0.119. The van der Waals surface area contributed by atoms with Crippen LogP contribution in [0.4, 0.5) is 5.69 Å². The fourth-order valence-corrected chi connectivity index (χ4v) is 4.70. The number of carbonyl (C=O) groups excluding carboxylic acids is 1. The molecule has 25 heavy (non-hydrogen) atoms. The van der Waals surface area contributed by atoms with Crippen molar-refractivity contribution in [3.63, 3.8) is 0 Å². The fraction of sp³-hybridized carbons (Fsp3) is 0.316. The second-order valence-electron chi connectivity index (χ2n) is 6.19. The molecule has 1 aliphatic heterocycles. The Morgan fingerprint density at radius 3 is 2.44 bits per heavy atom. The summed E-state index contributed by atoms with van der Waals surface area (Å²) in [5.41, 5.74) is 2.01. The number of fused-ring (bicyclic) bond motifs is 1. The van der Waals surface area contributed by atoms with E-state index in [0.717, 1.165) is 17.7 Å². The number of amides is 1. The van der Waals surface area contributed by atoms with Crippen molar-refractivity contribution in [2.75, 3.05) is 18.0 Å². The van der Waals surface area contributed by atoms with Crippen LogP contribution in [0.1, 0.15) is 19.4 Å². The number of rotatable bonds is 5. The lowest BCUT2D eigenvalue weighted by atomic mass is 10.1. The monoisotopic (exact) mass is 358 g/mol. The second-order valence-corrected chi connectivity index (χ2v) is 8.13. The van der Waals surface area contributed by atoms with Gasteiger partial charge in [0, 0.05) is 18.3 Å². The molecule has 0 aromatic heterocycles. The van der Waals surface area contributed by atoms with E-state index in [1.807, 2.05) is 31.2 Å². The number of sulfonamides is 1. The molecule has 0 saturated heterocycles. The predicted molar refractivity (Wildman–Crippen MR) is 98.0 cm³/mol. The van der Waals surface area contributed by atoms with E-state index >= 15 is 0 Å². The Morgan fingerprint density at radius 1 is 1.12 bits per heavy atom. The minimum atomic E-state index is -3.68. The summed E-state index contributed by atoms with van der Waals surface area (Å²) in [6.45, 7) is 3.81. The number of nitrogens with zero attached hydrogens (tertiary/aromatic N) is 2. The molecular formula is C19H22N2O3S. The molecule has 3 rings (SSSR count). The van der Waals surface area contributed by atoms with Crippen molar-refractivity contribution < 1.29 is 13.2 Å². The number of anilines is 1. The fourth-order valence-electron chi connectivity index (χ4n) is 3.28. The summed E-state index contributed by atoms with van der Waals surface area (Å²) in [6.07, 6.45) is 0.791. The zero-order valence-electron chi connectivity index (χ0n) is 14.4. The highest BCUT2D eigenvalue weighted by atomic mass is 32.2. The summed E-state index contributed by atoms with van der Waals surface area (Å²) in [6, 6.07) is 16.0. The summed E-state index contributed by atoms with van der Waals surface area (Å²) < 4.78 is 26.8. The first-order chi connectivity index (χ1) is 11.9. The lowest BCUT2D eigenvalue weighted by Crippen LogP contribution is -2.45. The molecule has 1 heterocycles. The average molecular weight is 358 g/mol. The molecular weight excluding hydrogens is 336 g/mol. The molecule has 6 heteroatoms. The standard InChI is InChI=1S/C19H22N2O3S/c1-3-20(25(23,24)17-10-5-4-6-11-17)14-19(22)21-15(2)13-16-9-7-8-12-18(16)21/h4-12,15H,3,13-14H2,1-2H3/t15-/m1/s1. The van der Waals surface area contributed by atoms with Gasteiger partial charge in [0.25, 0.3) is 0 Å². The molecule has 0 bridgehead atoms. The van der Waals surface area contributed by atoms with E-state index in [1.165, 1.54) is 4.31 Å². The minimum Gasteiger partial charge on any atom is -0.308 e. The molecule has 1 amide bonds. The number of carbonyl (C=O) groups is 1. The zero-order valence-corrected chi connectivity index (χ0v) is 15.2. The molecule has 5 nitrogen and oxygen atoms in total. The van der Waals surface area contributed by atoms with E-state index in [0.29, 0.717) is 0 Å². The van der Waals surface area contributed by atoms with Crippen molar-refractivity contribution in [1.82, 2.24) is 4.31 Å². The van der Waals surface area contributed by atoms with Crippen molar-refractivity contribution in [2.45, 2.75) is 31.2 Å². The molecule has 0 aliphatic carbocycles. The second kappa shape index (κ2) is 6.98. The van der Waals surface area contributed by atoms with Crippen molar-refractivity contribution in [3.05, 3.63) is 60.2 Å². The van der Waals surface area contributed by atoms with Gasteiger partial charge in [-0.1, -0.05) is 43.3 Å². The molecule has 1 aliphatic rings. The quantitative estimate of drug-likeness (QED) is 0.826. The van der Waals surface area contributed by atoms with E-state index in [1.54, 1.807) is 42.2 Å². The van der Waals surface area contributed by atoms with Gasteiger partial charge in [-0.05, 0) is 37.1 Å². The van der Waals surface area contributed by atoms with E-state index in [2.05, 4.69) is 0 Å². The molecule has 0 radical (unpaired) electrons. The van der Waals surface area contributed by atoms with E-state index in [-0.39, 0.29) is 29.9 Å². The molecule has 0 N–H and O–H groups in total. The predicted octanol–water partition coefficient (Wildman–Crippen LogP) is 2.68. The normalized spacial score (nSPS) is 16.9. The van der Waals surface area contributed by atoms with Crippen LogP contribution >= 0.6 is 0 Å². The Labute approximate surface area is 148 Å². The SMILES string of the molecule is CCN(CC(=O)N1c2ccccc2C[C@H]1C)S(=O)(=O)c1ccccc1. The van der Waals surface area contributed by atoms with Gasteiger partial charge in [-0.2, -0.15) is 4.31 Å². The topological polar surface area (TPSA) is 57.7 Å². The summed E-state index contributed by atoms with van der Waals surface area (Å²) >= 11 is 0. The average Bonchev–Trinajstić information content (AvgIpc) is 2.95. The number of hydrogen-bond acceptors (Lipinski definition) is 3. The van der Waals surface area contributed by atoms with E-state index < -0.39 is 10.0 Å². The van der Waals surface area contributed by atoms with Crippen LogP contribution in [0.3, 0.4) is 0 Å². The lowest BCUT2D eigenvalue weighted by Gasteiger charge is -2.27. The number of benzene rings is 2. The number of para-hydroxylation sites is 1. The Bertz CT molecular complexity index is 865. The van der Waals surface area contributed by atoms with Gasteiger partial charge >= 0.3 is 0 Å². The van der Waals surface area contributed by atoms with Crippen LogP contribution in [0.5, 0.6) is 0 Å². The van der Waals surface area contributed by atoms with Crippen molar-refractivity contribution >= 4 is 21.6 Å². The third-order valence-electron chi connectivity index (χ3n) is 4.52. The third-order valence-corrected chi connectivity index (χ3v) is 6.46. The number of likely N-dealkylation sites (N-methyl/N-ethyl adjacent to an activating group) is 1. The Morgan fingerprint density at radius 2 is 1.76 bits per heavy atom. The van der Waals surface area contributed by atoms with Crippen LogP contribution in [0.15, 0.2) is 59.5 Å². The Kier molecular flexibility index (Phi) is 4.92. The van der Waals surface area contributed by atoms with Gasteiger partial charge in [-0.15, -0.1) is 0 Å². The van der Waals surface area contributed by atoms with Crippen LogP contribution in [-0.2, 0) is 21.2 Å². The summed E-state index contributed by atoms with van der Waals surface area (Å²) in [4.78, 5) is 14.8. The highest BCUT2D eigenvalue weighted by molar-refractivity contribution is 7.89. The number of hydrogen-bond donors (Lipinski definition) is 0. The van der Waals surface area contributed by atoms with Gasteiger partial charge in [-0.3, -0.25) is 4.79 Å². The van der Waals surface area contributed by atoms with E-state index in [9.17, 15) is 13.2 Å². The molecule has 0 unspecified atom stereocenters. The van der Waals surface area contributed by atoms with Gasteiger partial charge in [-0.25, -0.2) is 8.42 Å². The van der Waals surface area contributed by atoms with Crippen LogP contribution in [0, 0.1) is 0 Å². The maximum Gasteiger partial charge on any atom is 0.243 e. The third kappa shape index (κ3) is 3.32. The Balaban J connectivity index is 1.84. The van der Waals surface area contributed by atoms with Crippen molar-refractivity contribution in [2.24, 2.45) is 0 Å². The Hall–Kier alpha value is -2.18. The van der Waals surface area contributed by atoms with Gasteiger partial charge in [0.1, 0.15) is 0 Å². The smallest absolute Gasteiger partial charge is 0.243 e. The molecule has 132 valence electrons. The highest BCUT2D eigenvalue weighted by Gasteiger charge is 2.33. The molecule has 2 aromatic carbocycles. The first-order valence-electron chi connectivity index (χ1n) is 8.40. The van der Waals surface area contributed by atoms with Crippen molar-refractivity contribution in [1.29, 1.82) is 0 Å². The van der Waals surface area contributed by atoms with Gasteiger partial charge in [0.15, 0.2) is 0 Å². The van der Waals surface area contributed by atoms with Crippen LogP contribution < -0.4 is 4.90 Å². The molecule has 0 spiro atoms. The maximum atomic E-state index is 12.9. The minimum absolute atomic E-state index is 0.0306. The first-order valence-corrected chi connectivity index (χ1v) is 9.84. The van der Waals surface area contributed by atoms with Crippen LogP contribution in [0.2, 0.25) is 0 Å². The van der Waals surface area contributed by atoms with Gasteiger partial charge < -0.3 is 4.90 Å². The molecule has 0 saturated carbocycles. The molecule has 2 aromatic rings. The van der Waals surface area contributed by atoms with Crippen LogP contribution in [0.25, 0.3) is 0 Å². The van der Waals surface area contributed by atoms with Gasteiger partial charge in [0.05, 0.1) is 11.4 Å².